The van der Waals surface area contributed by atoms with Crippen LogP contribution in [0.4, 0.5) is 14.4 Å². The number of carbonyl (C=O) groups is 5. The molecule has 0 rings (SSSR count). The van der Waals surface area contributed by atoms with Gasteiger partial charge in [-0.3, -0.25) is 4.79 Å². The number of amides is 5. The predicted molar refractivity (Wildman–Crippen MR) is 150 cm³/mol. The van der Waals surface area contributed by atoms with E-state index in [0.717, 1.165) is 83.5 Å². The molecule has 0 aliphatic rings. The number of imide groups is 1. The van der Waals surface area contributed by atoms with E-state index < -0.39 is 12.1 Å². The standard InChI is InChI=1S/C28H52N4O7/c1-24(33)18-12-6-4-8-14-20-29-26(35)32(23-17-11-10-16-22-31-28(37)39-3)27(36)30-21-15-9-5-7-13-19-25(34)38-2/h4-23H2,1-3H3,(H,29,35)(H,30,36)(H,31,37). The first kappa shape index (κ1) is 36.1. The molecule has 0 saturated carbocycles. The van der Waals surface area contributed by atoms with E-state index in [1.165, 1.54) is 19.1 Å². The minimum absolute atomic E-state index is 0.192. The van der Waals surface area contributed by atoms with Gasteiger partial charge in [-0.15, -0.1) is 0 Å². The van der Waals surface area contributed by atoms with E-state index in [-0.39, 0.29) is 17.8 Å². The molecule has 0 aromatic heterocycles. The molecule has 0 aromatic rings. The number of alkyl carbamates (subject to hydrolysis) is 1. The largest absolute Gasteiger partial charge is 0.469 e. The van der Waals surface area contributed by atoms with E-state index >= 15 is 0 Å². The molecule has 0 radical (unpaired) electrons. The number of hydrogen-bond donors (Lipinski definition) is 3. The molecule has 11 nitrogen and oxygen atoms in total. The third-order valence-electron chi connectivity index (χ3n) is 6.30. The fraction of sp³-hybridized carbons (Fsp3) is 0.821. The van der Waals surface area contributed by atoms with Crippen LogP contribution in [0.1, 0.15) is 110 Å². The van der Waals surface area contributed by atoms with Crippen molar-refractivity contribution in [2.24, 2.45) is 0 Å². The highest BCUT2D eigenvalue weighted by atomic mass is 16.5. The fourth-order valence-electron chi connectivity index (χ4n) is 3.94. The molecule has 0 fully saturated rings. The molecular weight excluding hydrogens is 504 g/mol. The van der Waals surface area contributed by atoms with Crippen LogP contribution in [0.5, 0.6) is 0 Å². The van der Waals surface area contributed by atoms with Crippen molar-refractivity contribution in [3.63, 3.8) is 0 Å². The second-order valence-electron chi connectivity index (χ2n) is 9.76. The van der Waals surface area contributed by atoms with Gasteiger partial charge >= 0.3 is 24.1 Å². The van der Waals surface area contributed by atoms with Gasteiger partial charge in [0.15, 0.2) is 0 Å². The molecular formula is C28H52N4O7. The molecule has 11 heteroatoms. The molecule has 5 amide bonds. The average molecular weight is 557 g/mol. The fourth-order valence-corrected chi connectivity index (χ4v) is 3.94. The van der Waals surface area contributed by atoms with E-state index in [2.05, 4.69) is 25.4 Å². The van der Waals surface area contributed by atoms with Gasteiger partial charge in [0.05, 0.1) is 14.2 Å². The maximum Gasteiger partial charge on any atom is 0.406 e. The highest BCUT2D eigenvalue weighted by Crippen LogP contribution is 2.08. The van der Waals surface area contributed by atoms with Gasteiger partial charge in [-0.25, -0.2) is 19.3 Å². The van der Waals surface area contributed by atoms with Crippen molar-refractivity contribution in [3.8, 4) is 0 Å². The monoisotopic (exact) mass is 556 g/mol. The number of ether oxygens (including phenoxy) is 2. The topological polar surface area (TPSA) is 143 Å². The minimum atomic E-state index is -0.452. The van der Waals surface area contributed by atoms with Crippen LogP contribution < -0.4 is 16.0 Å². The van der Waals surface area contributed by atoms with E-state index in [4.69, 9.17) is 0 Å². The molecule has 39 heavy (non-hydrogen) atoms. The molecule has 0 aromatic carbocycles. The number of nitrogens with one attached hydrogen (secondary N) is 3. The molecule has 0 bridgehead atoms. The van der Waals surface area contributed by atoms with Crippen LogP contribution in [-0.2, 0) is 19.1 Å². The highest BCUT2D eigenvalue weighted by Gasteiger charge is 2.20. The van der Waals surface area contributed by atoms with E-state index in [1.54, 1.807) is 6.92 Å². The minimum Gasteiger partial charge on any atom is -0.469 e. The first-order valence-corrected chi connectivity index (χ1v) is 14.5. The normalized spacial score (nSPS) is 10.4. The lowest BCUT2D eigenvalue weighted by Crippen LogP contribution is -2.49. The van der Waals surface area contributed by atoms with E-state index in [1.807, 2.05) is 0 Å². The summed E-state index contributed by atoms with van der Waals surface area (Å²) in [6.07, 6.45) is 12.9. The third-order valence-corrected chi connectivity index (χ3v) is 6.30. The first-order valence-electron chi connectivity index (χ1n) is 14.5. The van der Waals surface area contributed by atoms with Crippen molar-refractivity contribution in [2.75, 3.05) is 40.4 Å². The van der Waals surface area contributed by atoms with Crippen molar-refractivity contribution >= 4 is 29.9 Å². The Balaban J connectivity index is 4.36. The Morgan fingerprint density at radius 3 is 1.46 bits per heavy atom. The second kappa shape index (κ2) is 25.4. The molecule has 0 unspecified atom stereocenters. The van der Waals surface area contributed by atoms with Gasteiger partial charge in [0, 0.05) is 39.0 Å². The Labute approximate surface area is 234 Å². The van der Waals surface area contributed by atoms with Crippen molar-refractivity contribution < 1.29 is 33.4 Å². The smallest absolute Gasteiger partial charge is 0.406 e. The molecule has 3 N–H and O–H groups in total. The number of ketones is 1. The molecule has 0 heterocycles. The summed E-state index contributed by atoms with van der Waals surface area (Å²) in [5.74, 6) is 0.0253. The molecule has 0 atom stereocenters. The van der Waals surface area contributed by atoms with E-state index in [9.17, 15) is 24.0 Å². The average Bonchev–Trinajstić information content (AvgIpc) is 2.92. The van der Waals surface area contributed by atoms with Gasteiger partial charge in [0.2, 0.25) is 0 Å². The molecule has 226 valence electrons. The summed E-state index contributed by atoms with van der Waals surface area (Å²) in [4.78, 5) is 60.0. The highest BCUT2D eigenvalue weighted by molar-refractivity contribution is 5.93. The zero-order valence-electron chi connectivity index (χ0n) is 24.4. The van der Waals surface area contributed by atoms with Gasteiger partial charge < -0.3 is 30.2 Å². The molecule has 0 spiro atoms. The number of carbonyl (C=O) groups excluding carboxylic acids is 5. The van der Waals surface area contributed by atoms with E-state index in [0.29, 0.717) is 45.4 Å². The Morgan fingerprint density at radius 2 is 0.974 bits per heavy atom. The number of methoxy groups -OCH3 is 2. The maximum absolute atomic E-state index is 12.8. The summed E-state index contributed by atoms with van der Waals surface area (Å²) < 4.78 is 9.17. The van der Waals surface area contributed by atoms with Gasteiger partial charge in [-0.05, 0) is 45.4 Å². The number of esters is 1. The van der Waals surface area contributed by atoms with Crippen LogP contribution >= 0.6 is 0 Å². The predicted octanol–water partition coefficient (Wildman–Crippen LogP) is 5.07. The zero-order valence-corrected chi connectivity index (χ0v) is 24.4. The van der Waals surface area contributed by atoms with Crippen molar-refractivity contribution in [2.45, 2.75) is 110 Å². The Kier molecular flexibility index (Phi) is 23.6. The van der Waals surface area contributed by atoms with Gasteiger partial charge in [0.1, 0.15) is 5.78 Å². The van der Waals surface area contributed by atoms with Gasteiger partial charge in [-0.1, -0.05) is 51.4 Å². The summed E-state index contributed by atoms with van der Waals surface area (Å²) >= 11 is 0. The summed E-state index contributed by atoms with van der Waals surface area (Å²) in [7, 11) is 2.71. The van der Waals surface area contributed by atoms with Crippen molar-refractivity contribution in [3.05, 3.63) is 0 Å². The summed E-state index contributed by atoms with van der Waals surface area (Å²) in [6, 6.07) is -0.783. The number of hydrogen-bond acceptors (Lipinski definition) is 7. The summed E-state index contributed by atoms with van der Waals surface area (Å²) in [5.41, 5.74) is 0. The quantitative estimate of drug-likeness (QED) is 0.118. The van der Waals surface area contributed by atoms with Crippen LogP contribution in [0.2, 0.25) is 0 Å². The number of nitrogens with zero attached hydrogens (tertiary/aromatic N) is 1. The number of unbranched alkanes of at least 4 members (excludes halogenated alkanes) is 11. The lowest BCUT2D eigenvalue weighted by atomic mass is 10.1. The second-order valence-corrected chi connectivity index (χ2v) is 9.76. The molecule has 0 saturated heterocycles. The van der Waals surface area contributed by atoms with Crippen molar-refractivity contribution in [1.82, 2.24) is 20.9 Å². The Morgan fingerprint density at radius 1 is 0.538 bits per heavy atom. The number of urea groups is 2. The van der Waals surface area contributed by atoms with Crippen LogP contribution in [-0.4, -0.2) is 75.2 Å². The lowest BCUT2D eigenvalue weighted by Gasteiger charge is -2.22. The summed E-state index contributed by atoms with van der Waals surface area (Å²) in [6.45, 7) is 3.43. The summed E-state index contributed by atoms with van der Waals surface area (Å²) in [5, 5.41) is 8.36. The maximum atomic E-state index is 12.8. The zero-order chi connectivity index (χ0) is 29.1. The first-order chi connectivity index (χ1) is 18.8. The van der Waals surface area contributed by atoms with Gasteiger partial charge in [-0.2, -0.15) is 0 Å². The lowest BCUT2D eigenvalue weighted by molar-refractivity contribution is -0.140. The third kappa shape index (κ3) is 22.8. The molecule has 0 aliphatic carbocycles. The van der Waals surface area contributed by atoms with Crippen LogP contribution in [0, 0.1) is 0 Å². The van der Waals surface area contributed by atoms with Crippen LogP contribution in [0.3, 0.4) is 0 Å². The Hall–Kier alpha value is -2.85. The number of rotatable bonds is 23. The van der Waals surface area contributed by atoms with Crippen LogP contribution in [0.25, 0.3) is 0 Å². The number of Topliss-reactive ketones (excluding diaryl/α,β-unsaturated/α-hetero) is 1. The van der Waals surface area contributed by atoms with Crippen LogP contribution in [0.15, 0.2) is 0 Å². The SMILES string of the molecule is COC(=O)CCCCCCCNC(=O)N(CCCCCCNC(=O)OC)C(=O)NCCCCCCCC(C)=O. The Bertz CT molecular complexity index is 703. The van der Waals surface area contributed by atoms with Gasteiger partial charge in [0.25, 0.3) is 0 Å². The molecule has 0 aliphatic heterocycles. The van der Waals surface area contributed by atoms with Crippen molar-refractivity contribution in [1.29, 1.82) is 0 Å².